The second kappa shape index (κ2) is 49.8. The lowest BCUT2D eigenvalue weighted by Crippen LogP contribution is -2.30. The summed E-state index contributed by atoms with van der Waals surface area (Å²) in [6.07, 6.45) is 52.3. The second-order valence-corrected chi connectivity index (χ2v) is 20.1. The van der Waals surface area contributed by atoms with Crippen LogP contribution in [0.5, 0.6) is 0 Å². The molecule has 0 fully saturated rings. The van der Waals surface area contributed by atoms with Crippen molar-refractivity contribution in [1.82, 2.24) is 0 Å². The summed E-state index contributed by atoms with van der Waals surface area (Å²) < 4.78 is 16.8. The summed E-state index contributed by atoms with van der Waals surface area (Å²) in [5.74, 6) is 0.932. The van der Waals surface area contributed by atoms with E-state index in [0.717, 1.165) is 69.6 Å². The molecule has 6 heteroatoms. The highest BCUT2D eigenvalue weighted by Crippen LogP contribution is 2.19. The molecule has 6 nitrogen and oxygen atoms in total. The van der Waals surface area contributed by atoms with Crippen LogP contribution in [0.4, 0.5) is 0 Å². The monoisotopic (exact) mass is 891 g/mol. The molecule has 0 rings (SSSR count). The zero-order valence-corrected chi connectivity index (χ0v) is 43.2. The zero-order valence-electron chi connectivity index (χ0n) is 43.2. The third-order valence-electron chi connectivity index (χ3n) is 13.7. The van der Waals surface area contributed by atoms with Crippen LogP contribution < -0.4 is 0 Å². The summed E-state index contributed by atoms with van der Waals surface area (Å²) in [7, 11) is 0. The van der Waals surface area contributed by atoms with Crippen LogP contribution in [0.2, 0.25) is 0 Å². The van der Waals surface area contributed by atoms with Gasteiger partial charge in [0, 0.05) is 19.3 Å². The third-order valence-corrected chi connectivity index (χ3v) is 13.7. The Morgan fingerprint density at radius 1 is 0.317 bits per heavy atom. The molecule has 374 valence electrons. The van der Waals surface area contributed by atoms with Crippen LogP contribution in [0.1, 0.15) is 317 Å². The highest BCUT2D eigenvalue weighted by Gasteiger charge is 2.19. The summed E-state index contributed by atoms with van der Waals surface area (Å²) in [4.78, 5) is 38.0. The lowest BCUT2D eigenvalue weighted by atomic mass is 9.99. The molecular weight excluding hydrogens is 781 g/mol. The first-order valence-electron chi connectivity index (χ1n) is 28.3. The van der Waals surface area contributed by atoms with E-state index in [9.17, 15) is 14.4 Å². The quantitative estimate of drug-likeness (QED) is 0.0344. The summed E-state index contributed by atoms with van der Waals surface area (Å²) in [6, 6.07) is 0. The van der Waals surface area contributed by atoms with Gasteiger partial charge in [0.15, 0.2) is 6.10 Å². The molecule has 63 heavy (non-hydrogen) atoms. The predicted molar refractivity (Wildman–Crippen MR) is 270 cm³/mol. The number of hydrogen-bond acceptors (Lipinski definition) is 6. The first-order chi connectivity index (χ1) is 30.8. The van der Waals surface area contributed by atoms with Crippen LogP contribution in [-0.4, -0.2) is 37.2 Å². The lowest BCUT2D eigenvalue weighted by Gasteiger charge is -2.18. The average Bonchev–Trinajstić information content (AvgIpc) is 3.28. The van der Waals surface area contributed by atoms with Gasteiger partial charge < -0.3 is 14.2 Å². The summed E-state index contributed by atoms with van der Waals surface area (Å²) >= 11 is 0. The van der Waals surface area contributed by atoms with Gasteiger partial charge in [-0.1, -0.05) is 279 Å². The fourth-order valence-electron chi connectivity index (χ4n) is 8.63. The molecular formula is C57H110O6. The van der Waals surface area contributed by atoms with Gasteiger partial charge >= 0.3 is 17.9 Å². The first-order valence-corrected chi connectivity index (χ1v) is 28.3. The smallest absolute Gasteiger partial charge is 0.306 e. The number of hydrogen-bond donors (Lipinski definition) is 0. The van der Waals surface area contributed by atoms with Crippen molar-refractivity contribution in [2.24, 2.45) is 11.8 Å². The van der Waals surface area contributed by atoms with Crippen LogP contribution in [-0.2, 0) is 28.6 Å². The van der Waals surface area contributed by atoms with E-state index < -0.39 is 6.10 Å². The molecule has 0 aromatic carbocycles. The fourth-order valence-corrected chi connectivity index (χ4v) is 8.63. The number of carbonyl (C=O) groups is 3. The number of ether oxygens (including phenoxy) is 3. The van der Waals surface area contributed by atoms with Crippen molar-refractivity contribution in [2.45, 2.75) is 323 Å². The molecule has 0 aliphatic heterocycles. The lowest BCUT2D eigenvalue weighted by molar-refractivity contribution is -0.167. The Labute approximate surface area is 393 Å². The Hall–Kier alpha value is -1.59. The van der Waals surface area contributed by atoms with Crippen LogP contribution in [0.15, 0.2) is 0 Å². The van der Waals surface area contributed by atoms with Crippen molar-refractivity contribution in [3.05, 3.63) is 0 Å². The Bertz CT molecular complexity index is 966. The van der Waals surface area contributed by atoms with Gasteiger partial charge in [-0.05, 0) is 31.1 Å². The molecule has 0 aromatic rings. The topological polar surface area (TPSA) is 78.9 Å². The largest absolute Gasteiger partial charge is 0.462 e. The van der Waals surface area contributed by atoms with Gasteiger partial charge in [-0.3, -0.25) is 14.4 Å². The number of esters is 3. The molecule has 0 bridgehead atoms. The molecule has 0 aromatic heterocycles. The summed E-state index contributed by atoms with van der Waals surface area (Å²) in [5.41, 5.74) is 0. The van der Waals surface area contributed by atoms with E-state index in [4.69, 9.17) is 14.2 Å². The van der Waals surface area contributed by atoms with Gasteiger partial charge in [0.25, 0.3) is 0 Å². The number of rotatable bonds is 51. The van der Waals surface area contributed by atoms with Crippen LogP contribution >= 0.6 is 0 Å². The van der Waals surface area contributed by atoms with Gasteiger partial charge in [0.1, 0.15) is 13.2 Å². The SMILES string of the molecule is CCCCCCCCCCCC(=O)OC[C@H](COC(=O)CCCCCCCCCCCCCCCCCCCCC(C)CC)OC(=O)CCCCCCCCCCCCC(C)CC. The summed E-state index contributed by atoms with van der Waals surface area (Å²) in [6.45, 7) is 11.4. The number of unbranched alkanes of at least 4 members (excludes halogenated alkanes) is 34. The average molecular weight is 892 g/mol. The van der Waals surface area contributed by atoms with Crippen molar-refractivity contribution in [1.29, 1.82) is 0 Å². The molecule has 0 amide bonds. The molecule has 0 spiro atoms. The van der Waals surface area contributed by atoms with Gasteiger partial charge in [0.2, 0.25) is 0 Å². The van der Waals surface area contributed by atoms with Crippen molar-refractivity contribution in [3.8, 4) is 0 Å². The maximum atomic E-state index is 12.8. The molecule has 2 unspecified atom stereocenters. The maximum Gasteiger partial charge on any atom is 0.306 e. The minimum Gasteiger partial charge on any atom is -0.462 e. The maximum absolute atomic E-state index is 12.8. The molecule has 0 saturated carbocycles. The van der Waals surface area contributed by atoms with Gasteiger partial charge in [0.05, 0.1) is 0 Å². The van der Waals surface area contributed by atoms with Crippen molar-refractivity contribution >= 4 is 17.9 Å². The molecule has 0 radical (unpaired) electrons. The van der Waals surface area contributed by atoms with E-state index in [1.807, 2.05) is 0 Å². The molecule has 0 heterocycles. The second-order valence-electron chi connectivity index (χ2n) is 20.1. The Kier molecular flexibility index (Phi) is 48.6. The molecule has 0 saturated heterocycles. The van der Waals surface area contributed by atoms with E-state index in [-0.39, 0.29) is 31.1 Å². The van der Waals surface area contributed by atoms with Gasteiger partial charge in [-0.2, -0.15) is 0 Å². The van der Waals surface area contributed by atoms with Crippen molar-refractivity contribution < 1.29 is 28.6 Å². The summed E-state index contributed by atoms with van der Waals surface area (Å²) in [5, 5.41) is 0. The van der Waals surface area contributed by atoms with Crippen LogP contribution in [0.3, 0.4) is 0 Å². The minimum atomic E-state index is -0.761. The fraction of sp³-hybridized carbons (Fsp3) is 0.947. The van der Waals surface area contributed by atoms with Gasteiger partial charge in [-0.15, -0.1) is 0 Å². The van der Waals surface area contributed by atoms with E-state index >= 15 is 0 Å². The zero-order chi connectivity index (χ0) is 46.1. The highest BCUT2D eigenvalue weighted by molar-refractivity contribution is 5.71. The van der Waals surface area contributed by atoms with E-state index in [1.54, 1.807) is 0 Å². The first kappa shape index (κ1) is 61.4. The minimum absolute atomic E-state index is 0.0632. The van der Waals surface area contributed by atoms with E-state index in [1.165, 1.54) is 205 Å². The molecule has 3 atom stereocenters. The molecule has 0 aliphatic carbocycles. The molecule has 0 N–H and O–H groups in total. The van der Waals surface area contributed by atoms with Crippen molar-refractivity contribution in [3.63, 3.8) is 0 Å². The Morgan fingerprint density at radius 3 is 0.825 bits per heavy atom. The third kappa shape index (κ3) is 48.2. The van der Waals surface area contributed by atoms with Gasteiger partial charge in [-0.25, -0.2) is 0 Å². The normalized spacial score (nSPS) is 12.9. The van der Waals surface area contributed by atoms with E-state index in [0.29, 0.717) is 19.3 Å². The van der Waals surface area contributed by atoms with Crippen molar-refractivity contribution in [2.75, 3.05) is 13.2 Å². The number of carbonyl (C=O) groups excluding carboxylic acids is 3. The highest BCUT2D eigenvalue weighted by atomic mass is 16.6. The molecule has 0 aliphatic rings. The van der Waals surface area contributed by atoms with E-state index in [2.05, 4.69) is 34.6 Å². The standard InChI is InChI=1S/C57H110O6/c1-6-9-10-11-12-25-32-37-42-47-55(58)61-50-54(63-57(60)49-44-39-34-29-24-23-27-31-36-41-46-53(5)8-3)51-62-56(59)48-43-38-33-28-22-20-18-16-14-13-15-17-19-21-26-30-35-40-45-52(4)7-2/h52-54H,6-51H2,1-5H3/t52?,53?,54-/m1/s1. The Balaban J connectivity index is 4.18. The van der Waals surface area contributed by atoms with Crippen LogP contribution in [0.25, 0.3) is 0 Å². The van der Waals surface area contributed by atoms with Crippen LogP contribution in [0, 0.1) is 11.8 Å². The predicted octanol–water partition coefficient (Wildman–Crippen LogP) is 18.5. The Morgan fingerprint density at radius 2 is 0.556 bits per heavy atom.